The first kappa shape index (κ1) is 13.3. The van der Waals surface area contributed by atoms with Crippen LogP contribution in [0.25, 0.3) is 0 Å². The quantitative estimate of drug-likeness (QED) is 0.802. The molecule has 1 saturated heterocycles. The van der Waals surface area contributed by atoms with Crippen molar-refractivity contribution in [1.82, 2.24) is 4.90 Å². The van der Waals surface area contributed by atoms with Gasteiger partial charge in [-0.2, -0.15) is 0 Å². The van der Waals surface area contributed by atoms with E-state index in [2.05, 4.69) is 22.9 Å². The molecule has 0 N–H and O–H groups in total. The van der Waals surface area contributed by atoms with Crippen LogP contribution < -0.4 is 0 Å². The first-order chi connectivity index (χ1) is 8.61. The normalized spacial score (nSPS) is 19.3. The predicted octanol–water partition coefficient (Wildman–Crippen LogP) is 2.89. The van der Waals surface area contributed by atoms with Crippen molar-refractivity contribution >= 4 is 27.6 Å². The smallest absolute Gasteiger partial charge is 0.223 e. The van der Waals surface area contributed by atoms with Gasteiger partial charge in [0.1, 0.15) is 0 Å². The van der Waals surface area contributed by atoms with Crippen LogP contribution in [0.2, 0.25) is 0 Å². The van der Waals surface area contributed by atoms with Gasteiger partial charge in [0.25, 0.3) is 0 Å². The topological polar surface area (TPSA) is 37.4 Å². The number of likely N-dealkylation sites (tertiary alicyclic amines) is 1. The highest BCUT2D eigenvalue weighted by molar-refractivity contribution is 9.10. The van der Waals surface area contributed by atoms with E-state index in [1.54, 1.807) is 11.0 Å². The van der Waals surface area contributed by atoms with Crippen molar-refractivity contribution in [2.24, 2.45) is 5.92 Å². The van der Waals surface area contributed by atoms with Gasteiger partial charge in [0.2, 0.25) is 5.91 Å². The van der Waals surface area contributed by atoms with Gasteiger partial charge in [-0.3, -0.25) is 9.59 Å². The van der Waals surface area contributed by atoms with Crippen molar-refractivity contribution in [3.05, 3.63) is 34.3 Å². The molecule has 1 aromatic carbocycles. The molecule has 18 heavy (non-hydrogen) atoms. The van der Waals surface area contributed by atoms with E-state index >= 15 is 0 Å². The fourth-order valence-corrected chi connectivity index (χ4v) is 2.73. The Morgan fingerprint density at radius 1 is 1.44 bits per heavy atom. The van der Waals surface area contributed by atoms with E-state index in [0.29, 0.717) is 24.4 Å². The van der Waals surface area contributed by atoms with Gasteiger partial charge >= 0.3 is 0 Å². The summed E-state index contributed by atoms with van der Waals surface area (Å²) in [7, 11) is 0. The largest absolute Gasteiger partial charge is 0.335 e. The Morgan fingerprint density at radius 2 is 2.17 bits per heavy atom. The molecular weight excluding hydrogens is 294 g/mol. The lowest BCUT2D eigenvalue weighted by Crippen LogP contribution is -2.31. The van der Waals surface area contributed by atoms with Gasteiger partial charge in [-0.1, -0.05) is 47.5 Å². The molecule has 3 nitrogen and oxygen atoms in total. The van der Waals surface area contributed by atoms with Crippen molar-refractivity contribution in [2.75, 3.05) is 13.1 Å². The summed E-state index contributed by atoms with van der Waals surface area (Å²) in [6, 6.07) is 7.33. The average molecular weight is 310 g/mol. The molecule has 1 aliphatic rings. The number of Topliss-reactive ketones (excluding diaryl/α,β-unsaturated/α-hetero) is 1. The summed E-state index contributed by atoms with van der Waals surface area (Å²) in [5, 5.41) is 0. The minimum atomic E-state index is -0.00687. The zero-order chi connectivity index (χ0) is 13.1. The van der Waals surface area contributed by atoms with Gasteiger partial charge in [-0.25, -0.2) is 0 Å². The predicted molar refractivity (Wildman–Crippen MR) is 73.5 cm³/mol. The average Bonchev–Trinajstić information content (AvgIpc) is 2.70. The number of amides is 1. The van der Waals surface area contributed by atoms with Crippen LogP contribution in [0.1, 0.15) is 30.1 Å². The molecule has 1 heterocycles. The van der Waals surface area contributed by atoms with Gasteiger partial charge in [0, 0.05) is 23.0 Å². The van der Waals surface area contributed by atoms with Crippen LogP contribution >= 0.6 is 15.9 Å². The summed E-state index contributed by atoms with van der Waals surface area (Å²) >= 11 is 3.36. The summed E-state index contributed by atoms with van der Waals surface area (Å²) in [5.74, 6) is 0.499. The lowest BCUT2D eigenvalue weighted by Gasteiger charge is -2.15. The first-order valence-corrected chi connectivity index (χ1v) is 6.96. The minimum Gasteiger partial charge on any atom is -0.335 e. The Hall–Kier alpha value is -1.16. The summed E-state index contributed by atoms with van der Waals surface area (Å²) in [4.78, 5) is 25.6. The highest BCUT2D eigenvalue weighted by Crippen LogP contribution is 2.22. The standard InChI is InChI=1S/C14H16BrNO2/c1-2-10-7-14(18)16(8-10)9-13(17)11-5-3-4-6-12(11)15/h3-6,10H,2,7-9H2,1H3. The molecule has 1 atom stereocenters. The number of nitrogens with zero attached hydrogens (tertiary/aromatic N) is 1. The van der Waals surface area contributed by atoms with E-state index in [0.717, 1.165) is 10.9 Å². The molecule has 96 valence electrons. The highest BCUT2D eigenvalue weighted by atomic mass is 79.9. The monoisotopic (exact) mass is 309 g/mol. The number of ketones is 1. The molecule has 1 fully saturated rings. The van der Waals surface area contributed by atoms with Gasteiger partial charge in [-0.15, -0.1) is 0 Å². The molecule has 0 radical (unpaired) electrons. The van der Waals surface area contributed by atoms with Crippen LogP contribution in [0.15, 0.2) is 28.7 Å². The molecule has 1 unspecified atom stereocenters. The summed E-state index contributed by atoms with van der Waals surface area (Å²) < 4.78 is 0.786. The van der Waals surface area contributed by atoms with Crippen molar-refractivity contribution in [3.63, 3.8) is 0 Å². The van der Waals surface area contributed by atoms with E-state index in [-0.39, 0.29) is 18.2 Å². The third-order valence-corrected chi connectivity index (χ3v) is 4.07. The zero-order valence-corrected chi connectivity index (χ0v) is 11.9. The van der Waals surface area contributed by atoms with Crippen molar-refractivity contribution in [3.8, 4) is 0 Å². The number of halogens is 1. The molecule has 0 bridgehead atoms. The van der Waals surface area contributed by atoms with Crippen LogP contribution in [-0.2, 0) is 4.79 Å². The van der Waals surface area contributed by atoms with Crippen LogP contribution in [0.3, 0.4) is 0 Å². The van der Waals surface area contributed by atoms with Crippen molar-refractivity contribution in [2.45, 2.75) is 19.8 Å². The molecular formula is C14H16BrNO2. The van der Waals surface area contributed by atoms with Crippen LogP contribution in [0, 0.1) is 5.92 Å². The highest BCUT2D eigenvalue weighted by Gasteiger charge is 2.29. The molecule has 1 aliphatic heterocycles. The van der Waals surface area contributed by atoms with E-state index in [1.165, 1.54) is 0 Å². The molecule has 0 aromatic heterocycles. The summed E-state index contributed by atoms with van der Waals surface area (Å²) in [6.07, 6.45) is 1.57. The van der Waals surface area contributed by atoms with E-state index in [1.807, 2.05) is 18.2 Å². The van der Waals surface area contributed by atoms with Crippen LogP contribution in [-0.4, -0.2) is 29.7 Å². The second kappa shape index (κ2) is 5.65. The first-order valence-electron chi connectivity index (χ1n) is 6.17. The fraction of sp³-hybridized carbons (Fsp3) is 0.429. The number of hydrogen-bond acceptors (Lipinski definition) is 2. The van der Waals surface area contributed by atoms with Gasteiger partial charge in [0.05, 0.1) is 6.54 Å². The van der Waals surface area contributed by atoms with E-state index < -0.39 is 0 Å². The molecule has 1 amide bonds. The van der Waals surface area contributed by atoms with Gasteiger partial charge in [-0.05, 0) is 12.0 Å². The number of hydrogen-bond donors (Lipinski definition) is 0. The van der Waals surface area contributed by atoms with E-state index in [4.69, 9.17) is 0 Å². The Kier molecular flexibility index (Phi) is 4.17. The van der Waals surface area contributed by atoms with Crippen molar-refractivity contribution in [1.29, 1.82) is 0 Å². The molecule has 0 spiro atoms. The number of carbonyl (C=O) groups is 2. The number of rotatable bonds is 4. The maximum absolute atomic E-state index is 12.1. The lowest BCUT2D eigenvalue weighted by atomic mass is 10.1. The maximum atomic E-state index is 12.1. The SMILES string of the molecule is CCC1CC(=O)N(CC(=O)c2ccccc2Br)C1. The summed E-state index contributed by atoms with van der Waals surface area (Å²) in [6.45, 7) is 2.99. The third kappa shape index (κ3) is 2.80. The lowest BCUT2D eigenvalue weighted by molar-refractivity contribution is -0.127. The molecule has 0 aliphatic carbocycles. The second-order valence-corrected chi connectivity index (χ2v) is 5.51. The zero-order valence-electron chi connectivity index (χ0n) is 10.4. The molecule has 2 rings (SSSR count). The Labute approximate surface area is 115 Å². The second-order valence-electron chi connectivity index (χ2n) is 4.66. The Balaban J connectivity index is 2.05. The molecule has 0 saturated carbocycles. The summed E-state index contributed by atoms with van der Waals surface area (Å²) in [5.41, 5.74) is 0.644. The minimum absolute atomic E-state index is 0.00687. The van der Waals surface area contributed by atoms with Crippen LogP contribution in [0.4, 0.5) is 0 Å². The van der Waals surface area contributed by atoms with Gasteiger partial charge < -0.3 is 4.90 Å². The fourth-order valence-electron chi connectivity index (χ4n) is 2.23. The Morgan fingerprint density at radius 3 is 2.78 bits per heavy atom. The molecule has 1 aromatic rings. The maximum Gasteiger partial charge on any atom is 0.223 e. The van der Waals surface area contributed by atoms with Crippen LogP contribution in [0.5, 0.6) is 0 Å². The van der Waals surface area contributed by atoms with Crippen molar-refractivity contribution < 1.29 is 9.59 Å². The number of carbonyl (C=O) groups excluding carboxylic acids is 2. The van der Waals surface area contributed by atoms with Gasteiger partial charge in [0.15, 0.2) is 5.78 Å². The number of benzene rings is 1. The van der Waals surface area contributed by atoms with E-state index in [9.17, 15) is 9.59 Å². The molecule has 4 heteroatoms. The Bertz CT molecular complexity index is 473. The third-order valence-electron chi connectivity index (χ3n) is 3.38.